The van der Waals surface area contributed by atoms with Gasteiger partial charge in [0.15, 0.2) is 0 Å². The molecule has 0 aliphatic rings. The second-order valence-corrected chi connectivity index (χ2v) is 5.91. The van der Waals surface area contributed by atoms with Crippen LogP contribution in [0.3, 0.4) is 0 Å². The number of rotatable bonds is 5. The molecular formula is C12H15N5O2S. The van der Waals surface area contributed by atoms with Gasteiger partial charge in [-0.05, 0) is 31.2 Å². The lowest BCUT2D eigenvalue weighted by Gasteiger charge is -2.07. The number of anilines is 1. The third kappa shape index (κ3) is 3.50. The first-order valence-electron chi connectivity index (χ1n) is 5.85. The summed E-state index contributed by atoms with van der Waals surface area (Å²) in [6, 6.07) is 6.11. The molecule has 2 rings (SSSR count). The minimum absolute atomic E-state index is 0.0898. The Morgan fingerprint density at radius 2 is 1.85 bits per heavy atom. The van der Waals surface area contributed by atoms with Crippen LogP contribution in [0.1, 0.15) is 11.4 Å². The summed E-state index contributed by atoms with van der Waals surface area (Å²) in [5, 5.41) is 0. The summed E-state index contributed by atoms with van der Waals surface area (Å²) in [6.07, 6.45) is 3.13. The Kier molecular flexibility index (Phi) is 4.28. The van der Waals surface area contributed by atoms with E-state index in [1.807, 2.05) is 6.92 Å². The maximum absolute atomic E-state index is 12.1. The average molecular weight is 293 g/mol. The monoisotopic (exact) mass is 293 g/mol. The van der Waals surface area contributed by atoms with Crippen molar-refractivity contribution in [3.8, 4) is 0 Å². The SMILES string of the molecule is Cc1cnc(CNS(=O)(=O)c2ccc(NN)cc2)cn1. The number of nitrogens with zero attached hydrogens (tertiary/aromatic N) is 2. The fraction of sp³-hybridized carbons (Fsp3) is 0.167. The molecule has 20 heavy (non-hydrogen) atoms. The second-order valence-electron chi connectivity index (χ2n) is 4.14. The van der Waals surface area contributed by atoms with Crippen molar-refractivity contribution in [1.82, 2.24) is 14.7 Å². The smallest absolute Gasteiger partial charge is 0.240 e. The zero-order valence-corrected chi connectivity index (χ0v) is 11.7. The molecule has 8 heteroatoms. The number of nitrogens with one attached hydrogen (secondary N) is 2. The first kappa shape index (κ1) is 14.4. The van der Waals surface area contributed by atoms with Gasteiger partial charge in [-0.2, -0.15) is 0 Å². The number of nitrogen functional groups attached to an aromatic ring is 1. The number of nitrogens with two attached hydrogens (primary N) is 1. The Hall–Kier alpha value is -2.03. The van der Waals surface area contributed by atoms with Gasteiger partial charge in [-0.1, -0.05) is 0 Å². The van der Waals surface area contributed by atoms with Gasteiger partial charge in [-0.25, -0.2) is 13.1 Å². The van der Waals surface area contributed by atoms with Crippen LogP contribution in [0.25, 0.3) is 0 Å². The van der Waals surface area contributed by atoms with E-state index < -0.39 is 10.0 Å². The lowest BCUT2D eigenvalue weighted by Crippen LogP contribution is -2.23. The Morgan fingerprint density at radius 1 is 1.15 bits per heavy atom. The maximum Gasteiger partial charge on any atom is 0.240 e. The van der Waals surface area contributed by atoms with E-state index in [4.69, 9.17) is 5.84 Å². The molecule has 2 aromatic rings. The standard InChI is InChI=1S/C12H15N5O2S/c1-9-6-15-11(7-14-9)8-16-20(18,19)12-4-2-10(17-13)3-5-12/h2-7,16-17H,8,13H2,1H3. The van der Waals surface area contributed by atoms with Gasteiger partial charge in [0.1, 0.15) is 0 Å². The first-order valence-corrected chi connectivity index (χ1v) is 7.33. The molecule has 0 bridgehead atoms. The Labute approximate surface area is 117 Å². The van der Waals surface area contributed by atoms with Gasteiger partial charge >= 0.3 is 0 Å². The summed E-state index contributed by atoms with van der Waals surface area (Å²) in [6.45, 7) is 1.90. The largest absolute Gasteiger partial charge is 0.324 e. The summed E-state index contributed by atoms with van der Waals surface area (Å²) in [7, 11) is -3.58. The Bertz CT molecular complexity index is 668. The molecule has 1 aromatic carbocycles. The average Bonchev–Trinajstić information content (AvgIpc) is 2.47. The van der Waals surface area contributed by atoms with E-state index in [9.17, 15) is 8.42 Å². The van der Waals surface area contributed by atoms with Crippen LogP contribution in [0.2, 0.25) is 0 Å². The van der Waals surface area contributed by atoms with Crippen molar-refractivity contribution in [1.29, 1.82) is 0 Å². The van der Waals surface area contributed by atoms with Gasteiger partial charge in [0.05, 0.1) is 29.0 Å². The van der Waals surface area contributed by atoms with E-state index in [-0.39, 0.29) is 11.4 Å². The van der Waals surface area contributed by atoms with Crippen LogP contribution in [0.5, 0.6) is 0 Å². The lowest BCUT2D eigenvalue weighted by molar-refractivity contribution is 0.580. The fourth-order valence-corrected chi connectivity index (χ4v) is 2.49. The van der Waals surface area contributed by atoms with E-state index >= 15 is 0 Å². The summed E-state index contributed by atoms with van der Waals surface area (Å²) in [4.78, 5) is 8.31. The van der Waals surface area contributed by atoms with Gasteiger partial charge in [-0.15, -0.1) is 0 Å². The van der Waals surface area contributed by atoms with Crippen LogP contribution in [0.15, 0.2) is 41.6 Å². The van der Waals surface area contributed by atoms with Crippen molar-refractivity contribution in [3.05, 3.63) is 48.0 Å². The predicted octanol–water partition coefficient (Wildman–Crippen LogP) is 0.549. The van der Waals surface area contributed by atoms with Crippen molar-refractivity contribution >= 4 is 15.7 Å². The number of hydrazine groups is 1. The predicted molar refractivity (Wildman–Crippen MR) is 75.0 cm³/mol. The quantitative estimate of drug-likeness (QED) is 0.548. The van der Waals surface area contributed by atoms with E-state index in [1.54, 1.807) is 24.5 Å². The fourth-order valence-electron chi connectivity index (χ4n) is 1.49. The molecule has 0 unspecified atom stereocenters. The van der Waals surface area contributed by atoms with Crippen molar-refractivity contribution < 1.29 is 8.42 Å². The minimum atomic E-state index is -3.58. The van der Waals surface area contributed by atoms with Crippen molar-refractivity contribution in [2.75, 3.05) is 5.43 Å². The van der Waals surface area contributed by atoms with Gasteiger partial charge < -0.3 is 5.43 Å². The highest BCUT2D eigenvalue weighted by atomic mass is 32.2. The molecule has 0 saturated heterocycles. The zero-order valence-electron chi connectivity index (χ0n) is 10.9. The highest BCUT2D eigenvalue weighted by Crippen LogP contribution is 2.13. The molecule has 0 aliphatic carbocycles. The molecule has 0 fully saturated rings. The second kappa shape index (κ2) is 5.95. The van der Waals surface area contributed by atoms with Crippen molar-refractivity contribution in [2.24, 2.45) is 5.84 Å². The third-order valence-corrected chi connectivity index (χ3v) is 4.03. The number of aromatic nitrogens is 2. The molecule has 0 aliphatic heterocycles. The zero-order chi connectivity index (χ0) is 14.6. The van der Waals surface area contributed by atoms with E-state index in [0.29, 0.717) is 11.4 Å². The molecule has 4 N–H and O–H groups in total. The summed E-state index contributed by atoms with van der Waals surface area (Å²) < 4.78 is 26.6. The normalized spacial score (nSPS) is 11.3. The third-order valence-electron chi connectivity index (χ3n) is 2.61. The molecule has 0 spiro atoms. The van der Waals surface area contributed by atoms with Crippen LogP contribution in [-0.4, -0.2) is 18.4 Å². The van der Waals surface area contributed by atoms with Gasteiger partial charge in [-0.3, -0.25) is 15.8 Å². The topological polar surface area (TPSA) is 110 Å². The molecule has 0 atom stereocenters. The van der Waals surface area contributed by atoms with E-state index in [1.165, 1.54) is 12.1 Å². The van der Waals surface area contributed by atoms with Gasteiger partial charge in [0.2, 0.25) is 10.0 Å². The molecule has 106 valence electrons. The van der Waals surface area contributed by atoms with Crippen LogP contribution < -0.4 is 16.0 Å². The lowest BCUT2D eigenvalue weighted by atomic mass is 10.3. The Morgan fingerprint density at radius 3 is 2.40 bits per heavy atom. The number of hydrogen-bond donors (Lipinski definition) is 3. The van der Waals surface area contributed by atoms with Crippen molar-refractivity contribution in [2.45, 2.75) is 18.4 Å². The van der Waals surface area contributed by atoms with E-state index in [0.717, 1.165) is 5.69 Å². The molecule has 7 nitrogen and oxygen atoms in total. The molecule has 0 amide bonds. The Balaban J connectivity index is 2.08. The highest BCUT2D eigenvalue weighted by Gasteiger charge is 2.13. The summed E-state index contributed by atoms with van der Waals surface area (Å²) in [5.41, 5.74) is 4.40. The van der Waals surface area contributed by atoms with Crippen LogP contribution in [0, 0.1) is 6.92 Å². The van der Waals surface area contributed by atoms with Gasteiger partial charge in [0, 0.05) is 11.9 Å². The molecular weight excluding hydrogens is 278 g/mol. The molecule has 0 saturated carbocycles. The minimum Gasteiger partial charge on any atom is -0.324 e. The number of aryl methyl sites for hydroxylation is 1. The summed E-state index contributed by atoms with van der Waals surface area (Å²) in [5.74, 6) is 5.23. The van der Waals surface area contributed by atoms with Crippen LogP contribution in [-0.2, 0) is 16.6 Å². The van der Waals surface area contributed by atoms with Crippen molar-refractivity contribution in [3.63, 3.8) is 0 Å². The van der Waals surface area contributed by atoms with E-state index in [2.05, 4.69) is 20.1 Å². The number of hydrogen-bond acceptors (Lipinski definition) is 6. The first-order chi connectivity index (χ1) is 9.51. The highest BCUT2D eigenvalue weighted by molar-refractivity contribution is 7.89. The van der Waals surface area contributed by atoms with Gasteiger partial charge in [0.25, 0.3) is 0 Å². The van der Waals surface area contributed by atoms with Crippen LogP contribution in [0.4, 0.5) is 5.69 Å². The summed E-state index contributed by atoms with van der Waals surface area (Å²) >= 11 is 0. The molecule has 1 heterocycles. The molecule has 1 aromatic heterocycles. The maximum atomic E-state index is 12.1. The van der Waals surface area contributed by atoms with Crippen LogP contribution >= 0.6 is 0 Å². The molecule has 0 radical (unpaired) electrons. The number of benzene rings is 1. The number of sulfonamides is 1.